The second-order valence-corrected chi connectivity index (χ2v) is 15.4. The van der Waals surface area contributed by atoms with E-state index in [1.807, 2.05) is 11.8 Å². The number of nitrogens with zero attached hydrogens (tertiary/aromatic N) is 5. The number of aliphatic carboxylic acids is 1. The Morgan fingerprint density at radius 1 is 1.00 bits per heavy atom. The molecule has 282 valence electrons. The van der Waals surface area contributed by atoms with Gasteiger partial charge in [-0.2, -0.15) is 0 Å². The number of nitrogens with one attached hydrogen (secondary N) is 1. The maximum Gasteiger partial charge on any atom is 0.353 e. The number of β-lactam (4-membered cyclic amide) rings is 1. The van der Waals surface area contributed by atoms with E-state index in [1.54, 1.807) is 17.0 Å². The van der Waals surface area contributed by atoms with Crippen LogP contribution in [0.1, 0.15) is 31.4 Å². The minimum absolute atomic E-state index is 0.0149. The number of carbonyl (C=O) groups excluding carboxylic acids is 3. The van der Waals surface area contributed by atoms with Gasteiger partial charge < -0.3 is 30.1 Å². The average Bonchev–Trinajstić information content (AvgIpc) is 3.67. The lowest BCUT2D eigenvalue weighted by Crippen LogP contribution is -2.66. The first kappa shape index (κ1) is 37.8. The number of carboxylic acid groups (broad SMARTS) is 1. The predicted molar refractivity (Wildman–Crippen MR) is 189 cm³/mol. The van der Waals surface area contributed by atoms with Crippen molar-refractivity contribution in [3.05, 3.63) is 90.5 Å². The molecule has 17 nitrogen and oxygen atoms in total. The molecule has 3 fully saturated rings. The second kappa shape index (κ2) is 15.2. The number of nitro benzene ring substituents is 2. The van der Waals surface area contributed by atoms with Gasteiger partial charge in [-0.05, 0) is 43.0 Å². The van der Waals surface area contributed by atoms with E-state index in [4.69, 9.17) is 4.74 Å². The minimum atomic E-state index is -1.27. The zero-order chi connectivity index (χ0) is 38.2. The lowest BCUT2D eigenvalue weighted by atomic mass is 9.67. The fraction of sp³-hybridized carbons (Fsp3) is 0.486. The minimum Gasteiger partial charge on any atom is -0.477 e. The van der Waals surface area contributed by atoms with Crippen molar-refractivity contribution in [3.63, 3.8) is 0 Å². The number of ether oxygens (including phenoxy) is 1. The van der Waals surface area contributed by atoms with Gasteiger partial charge in [0.1, 0.15) is 12.3 Å². The summed E-state index contributed by atoms with van der Waals surface area (Å²) in [4.78, 5) is 78.5. The summed E-state index contributed by atoms with van der Waals surface area (Å²) in [6, 6.07) is 10.6. The van der Waals surface area contributed by atoms with Gasteiger partial charge in [-0.1, -0.05) is 19.1 Å². The Hall–Kier alpha value is -4.91. The van der Waals surface area contributed by atoms with Crippen LogP contribution in [0.3, 0.4) is 0 Å². The number of piperazine rings is 1. The molecule has 0 unspecified atom stereocenters. The second-order valence-electron chi connectivity index (χ2n) is 14.0. The number of esters is 1. The molecule has 2 amide bonds. The molecule has 4 aliphatic rings. The maximum atomic E-state index is 13.6. The number of carbonyl (C=O) groups is 4. The van der Waals surface area contributed by atoms with Crippen LogP contribution in [0, 0.1) is 31.6 Å². The largest absolute Gasteiger partial charge is 0.477 e. The number of hydrogen-bond acceptors (Lipinski definition) is 13. The SMILES string of the molecule is C[C@@H](O)[C@H]1C(=O)N2C(C(=O)O)=C(S[C@@H]3CN[C@H](C(=O)N4CCN(CC(=O)OCc5ccc([N+](=O)[O-])cc5)CC4)C3)[C@](C)(Cc3ccc([N+](=O)[O-])cc3)[C@H]12. The summed E-state index contributed by atoms with van der Waals surface area (Å²) in [6.45, 7) is 5.49. The first-order valence-electron chi connectivity index (χ1n) is 17.2. The highest BCUT2D eigenvalue weighted by molar-refractivity contribution is 8.03. The van der Waals surface area contributed by atoms with E-state index < -0.39 is 57.2 Å². The van der Waals surface area contributed by atoms with Crippen LogP contribution in [0.25, 0.3) is 0 Å². The molecule has 18 heteroatoms. The number of carboxylic acids is 1. The molecule has 0 aromatic heterocycles. The lowest BCUT2D eigenvalue weighted by Gasteiger charge is -2.51. The molecule has 0 bridgehead atoms. The monoisotopic (exact) mass is 752 g/mol. The number of thioether (sulfide) groups is 1. The third-order valence-corrected chi connectivity index (χ3v) is 12.1. The molecule has 0 spiro atoms. The zero-order valence-corrected chi connectivity index (χ0v) is 29.9. The highest BCUT2D eigenvalue weighted by Gasteiger charge is 2.66. The molecule has 6 rings (SSSR count). The van der Waals surface area contributed by atoms with Crippen molar-refractivity contribution in [3.8, 4) is 0 Å². The number of rotatable bonds is 13. The molecule has 6 atom stereocenters. The van der Waals surface area contributed by atoms with Crippen molar-refractivity contribution in [2.24, 2.45) is 11.3 Å². The van der Waals surface area contributed by atoms with E-state index in [2.05, 4.69) is 5.32 Å². The summed E-state index contributed by atoms with van der Waals surface area (Å²) in [7, 11) is 0. The molecular weight excluding hydrogens is 712 g/mol. The number of nitro groups is 2. The number of fused-ring (bicyclic) bond motifs is 1. The van der Waals surface area contributed by atoms with E-state index >= 15 is 0 Å². The molecule has 4 heterocycles. The van der Waals surface area contributed by atoms with Gasteiger partial charge in [0.05, 0.1) is 40.5 Å². The first-order valence-corrected chi connectivity index (χ1v) is 18.1. The molecule has 2 aromatic carbocycles. The summed E-state index contributed by atoms with van der Waals surface area (Å²) in [5.41, 5.74) is 0.120. The Balaban J connectivity index is 1.07. The van der Waals surface area contributed by atoms with E-state index in [9.17, 15) is 49.6 Å². The Morgan fingerprint density at radius 2 is 1.58 bits per heavy atom. The van der Waals surface area contributed by atoms with Gasteiger partial charge >= 0.3 is 11.9 Å². The van der Waals surface area contributed by atoms with Crippen molar-refractivity contribution in [2.45, 2.75) is 56.7 Å². The fourth-order valence-corrected chi connectivity index (χ4v) is 9.32. The van der Waals surface area contributed by atoms with Crippen LogP contribution in [0.4, 0.5) is 11.4 Å². The van der Waals surface area contributed by atoms with Crippen LogP contribution in [-0.4, -0.2) is 121 Å². The number of amides is 2. The normalized spacial score (nSPS) is 26.2. The van der Waals surface area contributed by atoms with Gasteiger partial charge in [-0.15, -0.1) is 11.8 Å². The van der Waals surface area contributed by atoms with Gasteiger partial charge in [-0.3, -0.25) is 39.5 Å². The Morgan fingerprint density at radius 3 is 2.13 bits per heavy atom. The molecular formula is C35H40N6O11S. The van der Waals surface area contributed by atoms with Gasteiger partial charge in [0.2, 0.25) is 11.8 Å². The Bertz CT molecular complexity index is 1830. The smallest absolute Gasteiger partial charge is 0.353 e. The van der Waals surface area contributed by atoms with Crippen LogP contribution >= 0.6 is 11.8 Å². The summed E-state index contributed by atoms with van der Waals surface area (Å²) >= 11 is 1.32. The zero-order valence-electron chi connectivity index (χ0n) is 29.1. The number of aliphatic hydroxyl groups is 1. The fourth-order valence-electron chi connectivity index (χ4n) is 7.76. The quantitative estimate of drug-likeness (QED) is 0.115. The third-order valence-electron chi connectivity index (χ3n) is 10.5. The highest BCUT2D eigenvalue weighted by Crippen LogP contribution is 2.59. The van der Waals surface area contributed by atoms with Crippen LogP contribution in [0.2, 0.25) is 0 Å². The van der Waals surface area contributed by atoms with Crippen LogP contribution < -0.4 is 5.32 Å². The number of benzene rings is 2. The third kappa shape index (κ3) is 7.62. The molecule has 3 saturated heterocycles. The molecule has 2 aromatic rings. The number of aliphatic hydroxyl groups excluding tert-OH is 1. The molecule has 53 heavy (non-hydrogen) atoms. The van der Waals surface area contributed by atoms with Gasteiger partial charge in [0.15, 0.2) is 0 Å². The maximum absolute atomic E-state index is 13.6. The van der Waals surface area contributed by atoms with Crippen LogP contribution in [-0.2, 0) is 36.9 Å². The lowest BCUT2D eigenvalue weighted by molar-refractivity contribution is -0.385. The summed E-state index contributed by atoms with van der Waals surface area (Å²) in [5, 5.41) is 46.1. The van der Waals surface area contributed by atoms with E-state index in [0.29, 0.717) is 55.2 Å². The van der Waals surface area contributed by atoms with E-state index in [-0.39, 0.29) is 47.8 Å². The summed E-state index contributed by atoms with van der Waals surface area (Å²) in [6.07, 6.45) is -0.358. The average molecular weight is 753 g/mol. The molecule has 3 N–H and O–H groups in total. The molecule has 0 saturated carbocycles. The van der Waals surface area contributed by atoms with Crippen molar-refractivity contribution >= 4 is 46.9 Å². The molecule has 0 radical (unpaired) electrons. The van der Waals surface area contributed by atoms with Gasteiger partial charge in [0.25, 0.3) is 11.4 Å². The topological polar surface area (TPSA) is 226 Å². The van der Waals surface area contributed by atoms with E-state index in [1.165, 1.54) is 60.0 Å². The summed E-state index contributed by atoms with van der Waals surface area (Å²) < 4.78 is 5.33. The Kier molecular flexibility index (Phi) is 10.9. The standard InChI is InChI=1S/C35H40N6O11S/c1-20(42)28-30-35(2,16-21-3-7-23(8-4-21)40(48)49)31(29(34(46)47)39(30)33(28)45)53-25-15-26(36-17-25)32(44)38-13-11-37(12-14-38)18-27(43)52-19-22-5-9-24(10-6-22)41(50)51/h3-10,20,25-26,28,30,36,42H,11-19H2,1-2H3,(H,46,47)/t20-,25+,26+,28-,30+,35-/m1/s1. The van der Waals surface area contributed by atoms with Crippen molar-refractivity contribution in [1.82, 2.24) is 20.0 Å². The van der Waals surface area contributed by atoms with Gasteiger partial charge in [0, 0.05) is 72.6 Å². The van der Waals surface area contributed by atoms with Crippen molar-refractivity contribution in [2.75, 3.05) is 39.3 Å². The molecule has 0 aliphatic carbocycles. The predicted octanol–water partition coefficient (Wildman–Crippen LogP) is 1.92. The van der Waals surface area contributed by atoms with E-state index in [0.717, 1.165) is 0 Å². The van der Waals surface area contributed by atoms with Crippen LogP contribution in [0.5, 0.6) is 0 Å². The van der Waals surface area contributed by atoms with Crippen LogP contribution in [0.15, 0.2) is 59.1 Å². The number of non-ortho nitro benzene ring substituents is 2. The first-order chi connectivity index (χ1) is 25.2. The van der Waals surface area contributed by atoms with Crippen molar-refractivity contribution < 1.29 is 44.0 Å². The summed E-state index contributed by atoms with van der Waals surface area (Å²) in [5.74, 6) is -3.11. The molecule has 4 aliphatic heterocycles. The number of hydrogen-bond donors (Lipinski definition) is 3. The highest BCUT2D eigenvalue weighted by atomic mass is 32.2. The van der Waals surface area contributed by atoms with Crippen molar-refractivity contribution in [1.29, 1.82) is 0 Å². The van der Waals surface area contributed by atoms with Gasteiger partial charge in [-0.25, -0.2) is 4.79 Å². The Labute approximate surface area is 308 Å².